The molecule has 0 fully saturated rings. The molecule has 0 bridgehead atoms. The number of hydrogen-bond donors (Lipinski definition) is 0. The van der Waals surface area contributed by atoms with Gasteiger partial charge >= 0.3 is 53.5 Å². The van der Waals surface area contributed by atoms with Crippen LogP contribution in [0, 0.1) is 0 Å². The van der Waals surface area contributed by atoms with Gasteiger partial charge in [0.05, 0.1) is 0 Å². The summed E-state index contributed by atoms with van der Waals surface area (Å²) < 4.78 is 0. The van der Waals surface area contributed by atoms with Crippen LogP contribution in [-0.2, 0) is 81.3 Å². The van der Waals surface area contributed by atoms with Gasteiger partial charge in [-0.2, -0.15) is 0 Å². The van der Waals surface area contributed by atoms with Gasteiger partial charge in [0.25, 0.3) is 0 Å². The molecule has 0 aromatic heterocycles. The van der Waals surface area contributed by atoms with Crippen LogP contribution in [-0.4, -0.2) is 53.5 Å². The topological polar surface area (TPSA) is 0 Å². The van der Waals surface area contributed by atoms with Crippen LogP contribution in [0.4, 0.5) is 0 Å². The van der Waals surface area contributed by atoms with Crippen molar-refractivity contribution < 1.29 is 81.3 Å². The molecule has 0 aliphatic heterocycles. The molecule has 0 aromatic carbocycles. The average molecular weight is 855 g/mol. The Morgan fingerprint density at radius 3 is 1.00 bits per heavy atom. The van der Waals surface area contributed by atoms with Gasteiger partial charge in [-0.25, -0.2) is 0 Å². The van der Waals surface area contributed by atoms with Crippen molar-refractivity contribution in [2.75, 3.05) is 0 Å². The van der Waals surface area contributed by atoms with Gasteiger partial charge in [0.1, 0.15) is 0 Å². The van der Waals surface area contributed by atoms with Crippen molar-refractivity contribution in [3.05, 3.63) is 0 Å². The molecule has 5 radical (unpaired) electrons. The molecule has 0 aromatic rings. The second-order valence-electron chi connectivity index (χ2n) is 0. The van der Waals surface area contributed by atoms with E-state index in [0.29, 0.717) is 0 Å². The second kappa shape index (κ2) is 34.2. The minimum atomic E-state index is 0. The van der Waals surface area contributed by atoms with Gasteiger partial charge in [-0.05, 0) is 0 Å². The zero-order valence-electron chi connectivity index (χ0n) is 3.03. The summed E-state index contributed by atoms with van der Waals surface area (Å²) in [5, 5.41) is 0. The summed E-state index contributed by atoms with van der Waals surface area (Å²) in [4.78, 5) is 0. The van der Waals surface area contributed by atoms with Gasteiger partial charge in [0.2, 0.25) is 0 Å². The SMILES string of the molecule is [Ag].[Au].[BiH3].[Cu].[PbH2].[Zn]. The van der Waals surface area contributed by atoms with Crippen molar-refractivity contribution in [2.24, 2.45) is 0 Å². The Morgan fingerprint density at radius 1 is 1.00 bits per heavy atom. The first kappa shape index (κ1) is 47.3. The summed E-state index contributed by atoms with van der Waals surface area (Å²) in [6.45, 7) is 0. The first-order valence-corrected chi connectivity index (χ1v) is 0. The van der Waals surface area contributed by atoms with Crippen LogP contribution in [0.2, 0.25) is 0 Å². The van der Waals surface area contributed by atoms with Crippen molar-refractivity contribution in [2.45, 2.75) is 0 Å². The monoisotopic (exact) mass is 853 g/mol. The van der Waals surface area contributed by atoms with Crippen molar-refractivity contribution in [1.29, 1.82) is 0 Å². The van der Waals surface area contributed by atoms with Gasteiger partial charge in [0.15, 0.2) is 0 Å². The molecule has 0 saturated heterocycles. The van der Waals surface area contributed by atoms with E-state index in [0.717, 1.165) is 0 Å². The van der Waals surface area contributed by atoms with Gasteiger partial charge in [-0.3, -0.25) is 0 Å². The molecule has 0 unspecified atom stereocenters. The molecular weight excluding hydrogens is 850 g/mol. The molecule has 0 rings (SSSR count). The summed E-state index contributed by atoms with van der Waals surface area (Å²) >= 11 is 0. The number of rotatable bonds is 0. The molecule has 0 nitrogen and oxygen atoms in total. The predicted octanol–water partition coefficient (Wildman–Crippen LogP) is -2.11. The van der Waals surface area contributed by atoms with Gasteiger partial charge < -0.3 is 0 Å². The van der Waals surface area contributed by atoms with E-state index in [-0.39, 0.29) is 135 Å². The third-order valence-corrected chi connectivity index (χ3v) is 0. The van der Waals surface area contributed by atoms with E-state index in [1.165, 1.54) is 0 Å². The van der Waals surface area contributed by atoms with Crippen molar-refractivity contribution in [3.8, 4) is 0 Å². The Balaban J connectivity index is 0. The molecular formula is H5AgAuBiCuPbZn. The summed E-state index contributed by atoms with van der Waals surface area (Å²) in [5.41, 5.74) is 0. The van der Waals surface area contributed by atoms with Crippen molar-refractivity contribution in [1.82, 2.24) is 0 Å². The van der Waals surface area contributed by atoms with E-state index in [2.05, 4.69) is 0 Å². The van der Waals surface area contributed by atoms with E-state index >= 15 is 0 Å². The fourth-order valence-corrected chi connectivity index (χ4v) is 0. The molecule has 0 N–H and O–H groups in total. The van der Waals surface area contributed by atoms with Crippen LogP contribution in [0.15, 0.2) is 0 Å². The third-order valence-electron chi connectivity index (χ3n) is 0. The minimum absolute atomic E-state index is 0. The standard InChI is InChI=1S/Ag.Au.Bi.Cu.Pb.Zn.5H. The normalized spacial score (nSPS) is 0. The zero-order chi connectivity index (χ0) is 0. The van der Waals surface area contributed by atoms with Crippen LogP contribution in [0.3, 0.4) is 0 Å². The maximum Gasteiger partial charge on any atom is 0 e. The maximum absolute atomic E-state index is 0. The van der Waals surface area contributed by atoms with Gasteiger partial charge in [-0.1, -0.05) is 0 Å². The molecule has 0 spiro atoms. The summed E-state index contributed by atoms with van der Waals surface area (Å²) in [6.07, 6.45) is 0. The van der Waals surface area contributed by atoms with E-state index in [4.69, 9.17) is 0 Å². The quantitative estimate of drug-likeness (QED) is 0.246. The molecule has 6 heavy (non-hydrogen) atoms. The largest absolute Gasteiger partial charge is 0 e. The Kier molecular flexibility index (Phi) is 269. The van der Waals surface area contributed by atoms with E-state index in [9.17, 15) is 0 Å². The summed E-state index contributed by atoms with van der Waals surface area (Å²) in [7, 11) is 0. The first-order chi connectivity index (χ1) is 0. The van der Waals surface area contributed by atoms with E-state index in [1.54, 1.807) is 0 Å². The Morgan fingerprint density at radius 2 is 1.00 bits per heavy atom. The number of hydrogen-bond acceptors (Lipinski definition) is 0. The molecule has 0 atom stereocenters. The summed E-state index contributed by atoms with van der Waals surface area (Å²) in [6, 6.07) is 0. The van der Waals surface area contributed by atoms with Crippen molar-refractivity contribution in [3.63, 3.8) is 0 Å². The molecule has 0 heterocycles. The van der Waals surface area contributed by atoms with Crippen LogP contribution in [0.1, 0.15) is 0 Å². The van der Waals surface area contributed by atoms with Crippen LogP contribution in [0.5, 0.6) is 0 Å². The van der Waals surface area contributed by atoms with E-state index < -0.39 is 0 Å². The fourth-order valence-electron chi connectivity index (χ4n) is 0. The maximum atomic E-state index is 0. The first-order valence-electron chi connectivity index (χ1n) is 0. The summed E-state index contributed by atoms with van der Waals surface area (Å²) in [5.74, 6) is 0. The minimum Gasteiger partial charge on any atom is 0 e. The van der Waals surface area contributed by atoms with Crippen LogP contribution >= 0.6 is 0 Å². The Hall–Kier alpha value is 4.43. The second-order valence-corrected chi connectivity index (χ2v) is 0. The van der Waals surface area contributed by atoms with E-state index in [1.807, 2.05) is 0 Å². The molecule has 0 aliphatic rings. The zero-order valence-corrected chi connectivity index (χ0v) is 21.6. The molecule has 0 aliphatic carbocycles. The van der Waals surface area contributed by atoms with Gasteiger partial charge in [0, 0.05) is 81.3 Å². The Bertz CT molecular complexity index is 15.5. The predicted molar refractivity (Wildman–Crippen MR) is 18.5 cm³/mol. The molecule has 49 valence electrons. The van der Waals surface area contributed by atoms with Crippen molar-refractivity contribution >= 4 is 53.5 Å². The third kappa shape index (κ3) is 23.7. The van der Waals surface area contributed by atoms with Crippen LogP contribution < -0.4 is 0 Å². The van der Waals surface area contributed by atoms with Crippen LogP contribution in [0.25, 0.3) is 0 Å². The van der Waals surface area contributed by atoms with Gasteiger partial charge in [-0.15, -0.1) is 0 Å². The fraction of sp³-hybridized carbons (Fsp3) is 0. The smallest absolute Gasteiger partial charge is 0 e. The molecule has 0 saturated carbocycles. The molecule has 6 heteroatoms. The molecule has 0 amide bonds. The average Bonchev–Trinajstić information content (AvgIpc) is 0. The Labute approximate surface area is 132 Å².